The van der Waals surface area contributed by atoms with Crippen LogP contribution in [0.1, 0.15) is 37.8 Å². The third-order valence-corrected chi connectivity index (χ3v) is 3.37. The standard InChI is InChI=1S/C16H26N2O2.ClH/c1-5-6-11-16(19)17-12-14(18(2)3)13-9-7-8-10-15(13)20-4;/h7-10,14H,5-6,11-12H2,1-4H3,(H,17,19);1H. The number of rotatable bonds is 8. The molecule has 0 spiro atoms. The van der Waals surface area contributed by atoms with Crippen LogP contribution in [0, 0.1) is 0 Å². The molecular weight excluding hydrogens is 288 g/mol. The molecule has 1 N–H and O–H groups in total. The molecule has 0 saturated heterocycles. The molecule has 1 aromatic rings. The number of methoxy groups -OCH3 is 1. The molecule has 1 amide bonds. The van der Waals surface area contributed by atoms with Gasteiger partial charge in [0.1, 0.15) is 5.75 Å². The maximum atomic E-state index is 11.8. The first-order valence-corrected chi connectivity index (χ1v) is 7.16. The summed E-state index contributed by atoms with van der Waals surface area (Å²) in [5.41, 5.74) is 1.09. The van der Waals surface area contributed by atoms with Gasteiger partial charge in [-0.3, -0.25) is 4.79 Å². The van der Waals surface area contributed by atoms with Crippen LogP contribution in [0.25, 0.3) is 0 Å². The third kappa shape index (κ3) is 6.36. The van der Waals surface area contributed by atoms with Gasteiger partial charge in [-0.15, -0.1) is 12.4 Å². The fraction of sp³-hybridized carbons (Fsp3) is 0.562. The van der Waals surface area contributed by atoms with Gasteiger partial charge in [-0.2, -0.15) is 0 Å². The minimum absolute atomic E-state index is 0. The lowest BCUT2D eigenvalue weighted by Gasteiger charge is -2.26. The number of hydrogen-bond acceptors (Lipinski definition) is 3. The van der Waals surface area contributed by atoms with Gasteiger partial charge in [0.15, 0.2) is 0 Å². The van der Waals surface area contributed by atoms with Crippen LogP contribution in [-0.4, -0.2) is 38.6 Å². The highest BCUT2D eigenvalue weighted by molar-refractivity contribution is 5.85. The van der Waals surface area contributed by atoms with Crippen molar-refractivity contribution in [2.45, 2.75) is 32.2 Å². The number of carbonyl (C=O) groups excluding carboxylic acids is 1. The predicted octanol–water partition coefficient (Wildman–Crippen LogP) is 3.03. The maximum absolute atomic E-state index is 11.8. The predicted molar refractivity (Wildman–Crippen MR) is 89.2 cm³/mol. The number of nitrogens with zero attached hydrogens (tertiary/aromatic N) is 1. The van der Waals surface area contributed by atoms with Gasteiger partial charge in [-0.05, 0) is 26.6 Å². The van der Waals surface area contributed by atoms with Gasteiger partial charge in [0.05, 0.1) is 13.2 Å². The number of unbranched alkanes of at least 4 members (excludes halogenated alkanes) is 1. The summed E-state index contributed by atoms with van der Waals surface area (Å²) in [6.07, 6.45) is 2.58. The molecule has 0 saturated carbocycles. The maximum Gasteiger partial charge on any atom is 0.220 e. The molecule has 0 aliphatic carbocycles. The van der Waals surface area contributed by atoms with E-state index in [4.69, 9.17) is 4.74 Å². The molecule has 1 rings (SSSR count). The second-order valence-corrected chi connectivity index (χ2v) is 5.13. The summed E-state index contributed by atoms with van der Waals surface area (Å²) in [6.45, 7) is 2.68. The van der Waals surface area contributed by atoms with Gasteiger partial charge in [0.25, 0.3) is 0 Å². The van der Waals surface area contributed by atoms with Crippen LogP contribution in [0.3, 0.4) is 0 Å². The Kier molecular flexibility index (Phi) is 9.84. The van der Waals surface area contributed by atoms with Crippen molar-refractivity contribution in [2.75, 3.05) is 27.7 Å². The van der Waals surface area contributed by atoms with Crippen molar-refractivity contribution < 1.29 is 9.53 Å². The minimum Gasteiger partial charge on any atom is -0.496 e. The van der Waals surface area contributed by atoms with Crippen molar-refractivity contribution in [1.29, 1.82) is 0 Å². The molecule has 0 heterocycles. The van der Waals surface area contributed by atoms with Gasteiger partial charge in [-0.25, -0.2) is 0 Å². The number of carbonyl (C=O) groups is 1. The smallest absolute Gasteiger partial charge is 0.220 e. The lowest BCUT2D eigenvalue weighted by atomic mass is 10.0. The van der Waals surface area contributed by atoms with E-state index in [2.05, 4.69) is 17.1 Å². The Morgan fingerprint density at radius 3 is 2.57 bits per heavy atom. The highest BCUT2D eigenvalue weighted by Crippen LogP contribution is 2.27. The number of hydrogen-bond donors (Lipinski definition) is 1. The van der Waals surface area contributed by atoms with Gasteiger partial charge in [0.2, 0.25) is 5.91 Å². The van der Waals surface area contributed by atoms with E-state index in [1.807, 2.05) is 38.4 Å². The Labute approximate surface area is 134 Å². The molecule has 1 atom stereocenters. The van der Waals surface area contributed by atoms with E-state index in [0.29, 0.717) is 13.0 Å². The summed E-state index contributed by atoms with van der Waals surface area (Å²) < 4.78 is 5.41. The number of para-hydroxylation sites is 1. The van der Waals surface area contributed by atoms with Crippen LogP contribution in [0.15, 0.2) is 24.3 Å². The van der Waals surface area contributed by atoms with E-state index < -0.39 is 0 Å². The lowest BCUT2D eigenvalue weighted by molar-refractivity contribution is -0.121. The number of benzene rings is 1. The van der Waals surface area contributed by atoms with Crippen molar-refractivity contribution in [2.24, 2.45) is 0 Å². The molecule has 1 unspecified atom stereocenters. The van der Waals surface area contributed by atoms with Crippen LogP contribution in [0.4, 0.5) is 0 Å². The van der Waals surface area contributed by atoms with Gasteiger partial charge in [0, 0.05) is 18.5 Å². The number of ether oxygens (including phenoxy) is 1. The second kappa shape index (κ2) is 10.5. The van der Waals surface area contributed by atoms with E-state index in [-0.39, 0.29) is 24.4 Å². The summed E-state index contributed by atoms with van der Waals surface area (Å²) in [5.74, 6) is 0.975. The number of likely N-dealkylation sites (N-methyl/N-ethyl adjacent to an activating group) is 1. The lowest BCUT2D eigenvalue weighted by Crippen LogP contribution is -2.34. The Hall–Kier alpha value is -1.26. The summed E-state index contributed by atoms with van der Waals surface area (Å²) >= 11 is 0. The molecule has 0 aliphatic heterocycles. The van der Waals surface area contributed by atoms with Crippen LogP contribution < -0.4 is 10.1 Å². The molecule has 0 fully saturated rings. The Balaban J connectivity index is 0.00000400. The first-order valence-electron chi connectivity index (χ1n) is 7.16. The van der Waals surface area contributed by atoms with Crippen molar-refractivity contribution in [3.05, 3.63) is 29.8 Å². The number of nitrogens with one attached hydrogen (secondary N) is 1. The molecule has 5 heteroatoms. The van der Waals surface area contributed by atoms with Crippen molar-refractivity contribution >= 4 is 18.3 Å². The quantitative estimate of drug-likeness (QED) is 0.802. The van der Waals surface area contributed by atoms with Crippen LogP contribution in [0.2, 0.25) is 0 Å². The SMILES string of the molecule is CCCCC(=O)NCC(c1ccccc1OC)N(C)C.Cl. The first-order chi connectivity index (χ1) is 9.60. The average molecular weight is 315 g/mol. The Bertz CT molecular complexity index is 424. The van der Waals surface area contributed by atoms with Gasteiger partial charge < -0.3 is 15.0 Å². The molecule has 0 aromatic heterocycles. The molecule has 0 radical (unpaired) electrons. The topological polar surface area (TPSA) is 41.6 Å². The molecular formula is C16H27ClN2O2. The molecule has 0 aliphatic rings. The zero-order valence-corrected chi connectivity index (χ0v) is 14.2. The van der Waals surface area contributed by atoms with Crippen molar-refractivity contribution in [1.82, 2.24) is 10.2 Å². The fourth-order valence-corrected chi connectivity index (χ4v) is 2.15. The van der Waals surface area contributed by atoms with E-state index in [0.717, 1.165) is 24.2 Å². The number of halogens is 1. The molecule has 0 bridgehead atoms. The zero-order valence-electron chi connectivity index (χ0n) is 13.4. The molecule has 120 valence electrons. The van der Waals surface area contributed by atoms with Crippen LogP contribution >= 0.6 is 12.4 Å². The number of amides is 1. The summed E-state index contributed by atoms with van der Waals surface area (Å²) in [5, 5.41) is 3.01. The van der Waals surface area contributed by atoms with Crippen molar-refractivity contribution in [3.63, 3.8) is 0 Å². The highest BCUT2D eigenvalue weighted by Gasteiger charge is 2.18. The van der Waals surface area contributed by atoms with Crippen molar-refractivity contribution in [3.8, 4) is 5.75 Å². The van der Waals surface area contributed by atoms with Gasteiger partial charge >= 0.3 is 0 Å². The first kappa shape index (κ1) is 19.7. The van der Waals surface area contributed by atoms with E-state index in [1.165, 1.54) is 0 Å². The summed E-state index contributed by atoms with van der Waals surface area (Å²) in [4.78, 5) is 13.8. The largest absolute Gasteiger partial charge is 0.496 e. The van der Waals surface area contributed by atoms with Crippen LogP contribution in [-0.2, 0) is 4.79 Å². The molecule has 4 nitrogen and oxygen atoms in total. The van der Waals surface area contributed by atoms with Gasteiger partial charge in [-0.1, -0.05) is 31.5 Å². The monoisotopic (exact) mass is 314 g/mol. The Morgan fingerprint density at radius 1 is 1.33 bits per heavy atom. The average Bonchev–Trinajstić information content (AvgIpc) is 2.45. The summed E-state index contributed by atoms with van der Waals surface area (Å²) in [7, 11) is 5.69. The second-order valence-electron chi connectivity index (χ2n) is 5.13. The molecule has 21 heavy (non-hydrogen) atoms. The highest BCUT2D eigenvalue weighted by atomic mass is 35.5. The third-order valence-electron chi connectivity index (χ3n) is 3.37. The summed E-state index contributed by atoms with van der Waals surface area (Å²) in [6, 6.07) is 8.05. The zero-order chi connectivity index (χ0) is 15.0. The van der Waals surface area contributed by atoms with E-state index >= 15 is 0 Å². The van der Waals surface area contributed by atoms with E-state index in [9.17, 15) is 4.79 Å². The molecule has 1 aromatic carbocycles. The fourth-order valence-electron chi connectivity index (χ4n) is 2.15. The normalized spacial score (nSPS) is 11.7. The van der Waals surface area contributed by atoms with E-state index in [1.54, 1.807) is 7.11 Å². The van der Waals surface area contributed by atoms with Crippen LogP contribution in [0.5, 0.6) is 5.75 Å². The minimum atomic E-state index is 0. The Morgan fingerprint density at radius 2 is 2.00 bits per heavy atom.